The summed E-state index contributed by atoms with van der Waals surface area (Å²) in [7, 11) is 0. The summed E-state index contributed by atoms with van der Waals surface area (Å²) in [6.07, 6.45) is 5.89. The summed E-state index contributed by atoms with van der Waals surface area (Å²) in [6.45, 7) is -0.570. The lowest BCUT2D eigenvalue weighted by molar-refractivity contribution is -0.0499. The molecule has 1 fully saturated rings. The Labute approximate surface area is 124 Å². The number of nitrogens with two attached hydrogens (primary N) is 1. The normalized spacial score (nSPS) is 24.0. The molecule has 3 nitrogen and oxygen atoms in total. The zero-order valence-corrected chi connectivity index (χ0v) is 12.4. The zero-order chi connectivity index (χ0) is 15.2. The van der Waals surface area contributed by atoms with E-state index < -0.39 is 6.61 Å². The molecule has 0 aromatic heterocycles. The van der Waals surface area contributed by atoms with Crippen LogP contribution >= 0.6 is 0 Å². The molecule has 21 heavy (non-hydrogen) atoms. The highest BCUT2D eigenvalue weighted by atomic mass is 19.3. The van der Waals surface area contributed by atoms with Crippen molar-refractivity contribution in [2.24, 2.45) is 17.7 Å². The van der Waals surface area contributed by atoms with Crippen molar-refractivity contribution in [2.75, 3.05) is 0 Å². The van der Waals surface area contributed by atoms with E-state index in [1.165, 1.54) is 25.3 Å². The molecular formula is C16H24F2N2O. The van der Waals surface area contributed by atoms with Crippen molar-refractivity contribution in [1.82, 2.24) is 5.43 Å². The fourth-order valence-corrected chi connectivity index (χ4v) is 3.32. The van der Waals surface area contributed by atoms with Gasteiger partial charge in [-0.3, -0.25) is 11.3 Å². The summed E-state index contributed by atoms with van der Waals surface area (Å²) in [5.41, 5.74) is 3.77. The molecule has 5 heteroatoms. The van der Waals surface area contributed by atoms with Gasteiger partial charge in [0, 0.05) is 6.04 Å². The lowest BCUT2D eigenvalue weighted by Crippen LogP contribution is -2.35. The second kappa shape index (κ2) is 7.71. The van der Waals surface area contributed by atoms with Crippen LogP contribution < -0.4 is 16.0 Å². The van der Waals surface area contributed by atoms with Crippen molar-refractivity contribution in [3.63, 3.8) is 0 Å². The number of hydrogen-bond donors (Lipinski definition) is 2. The van der Waals surface area contributed by atoms with Crippen molar-refractivity contribution >= 4 is 0 Å². The van der Waals surface area contributed by atoms with Crippen molar-refractivity contribution in [3.05, 3.63) is 29.8 Å². The van der Waals surface area contributed by atoms with Gasteiger partial charge in [0.15, 0.2) is 0 Å². The first-order valence-corrected chi connectivity index (χ1v) is 7.65. The maximum Gasteiger partial charge on any atom is 0.387 e. The predicted molar refractivity (Wildman–Crippen MR) is 78.9 cm³/mol. The van der Waals surface area contributed by atoms with Crippen LogP contribution in [-0.2, 0) is 0 Å². The van der Waals surface area contributed by atoms with E-state index in [1.54, 1.807) is 12.1 Å². The number of nitrogens with one attached hydrogen (secondary N) is 1. The highest BCUT2D eigenvalue weighted by molar-refractivity contribution is 5.31. The fraction of sp³-hybridized carbons (Fsp3) is 0.625. The van der Waals surface area contributed by atoms with E-state index >= 15 is 0 Å². The van der Waals surface area contributed by atoms with Crippen LogP contribution in [0.3, 0.4) is 0 Å². The summed E-state index contributed by atoms with van der Waals surface area (Å²) in [5.74, 6) is 7.16. The number of ether oxygens (including phenoxy) is 1. The maximum atomic E-state index is 12.3. The third kappa shape index (κ3) is 4.38. The van der Waals surface area contributed by atoms with Gasteiger partial charge in [0.05, 0.1) is 0 Å². The molecule has 118 valence electrons. The molecule has 1 aliphatic rings. The molecule has 2 rings (SSSR count). The number of rotatable bonds is 6. The third-order valence-corrected chi connectivity index (χ3v) is 4.56. The van der Waals surface area contributed by atoms with E-state index in [0.29, 0.717) is 5.92 Å². The number of hydrogen-bond acceptors (Lipinski definition) is 3. The molecular weight excluding hydrogens is 274 g/mol. The molecule has 1 atom stereocenters. The van der Waals surface area contributed by atoms with Crippen LogP contribution in [0.5, 0.6) is 5.75 Å². The minimum absolute atomic E-state index is 0.0102. The van der Waals surface area contributed by atoms with Gasteiger partial charge in [0.1, 0.15) is 5.75 Å². The van der Waals surface area contributed by atoms with Crippen molar-refractivity contribution < 1.29 is 13.5 Å². The summed E-state index contributed by atoms with van der Waals surface area (Å²) in [4.78, 5) is 0. The monoisotopic (exact) mass is 298 g/mol. The molecule has 0 heterocycles. The Bertz CT molecular complexity index is 434. The van der Waals surface area contributed by atoms with Crippen LogP contribution in [0.2, 0.25) is 0 Å². The van der Waals surface area contributed by atoms with E-state index in [4.69, 9.17) is 5.84 Å². The van der Waals surface area contributed by atoms with Crippen LogP contribution in [0.25, 0.3) is 0 Å². The first kappa shape index (κ1) is 16.2. The minimum Gasteiger partial charge on any atom is -0.435 e. The van der Waals surface area contributed by atoms with Gasteiger partial charge in [0.2, 0.25) is 0 Å². The van der Waals surface area contributed by atoms with E-state index in [9.17, 15) is 8.78 Å². The second-order valence-electron chi connectivity index (χ2n) is 5.78. The quantitative estimate of drug-likeness (QED) is 0.616. The number of benzene rings is 1. The number of halogens is 2. The molecule has 1 saturated carbocycles. The van der Waals surface area contributed by atoms with Crippen LogP contribution in [0.15, 0.2) is 24.3 Å². The molecule has 1 aromatic rings. The van der Waals surface area contributed by atoms with Gasteiger partial charge in [-0.2, -0.15) is 8.78 Å². The van der Waals surface area contributed by atoms with Gasteiger partial charge in [-0.05, 0) is 42.4 Å². The molecule has 1 aliphatic carbocycles. The van der Waals surface area contributed by atoms with E-state index in [1.807, 2.05) is 6.07 Å². The fourth-order valence-electron chi connectivity index (χ4n) is 3.32. The van der Waals surface area contributed by atoms with E-state index in [-0.39, 0.29) is 11.8 Å². The molecule has 0 spiro atoms. The molecule has 3 N–H and O–H groups in total. The molecule has 0 radical (unpaired) electrons. The van der Waals surface area contributed by atoms with Gasteiger partial charge in [-0.25, -0.2) is 0 Å². The van der Waals surface area contributed by atoms with Gasteiger partial charge in [-0.15, -0.1) is 0 Å². The van der Waals surface area contributed by atoms with Crippen molar-refractivity contribution in [1.29, 1.82) is 0 Å². The molecule has 0 saturated heterocycles. The standard InChI is InChI=1S/C16H24F2N2O/c1-2-11-6-8-12(9-7-11)15(20-19)13-4-3-5-14(10-13)21-16(17)18/h3-5,10-12,15-16,20H,2,6-9,19H2,1H3. The Morgan fingerprint density at radius 2 is 2.00 bits per heavy atom. The summed E-state index contributed by atoms with van der Waals surface area (Å²) < 4.78 is 29.1. The van der Waals surface area contributed by atoms with Crippen LogP contribution in [0.1, 0.15) is 50.6 Å². The molecule has 0 aliphatic heterocycles. The Morgan fingerprint density at radius 3 is 2.57 bits per heavy atom. The SMILES string of the molecule is CCC1CCC(C(NN)c2cccc(OC(F)F)c2)CC1. The molecule has 0 bridgehead atoms. The Hall–Kier alpha value is -1.20. The average Bonchev–Trinajstić information content (AvgIpc) is 2.48. The van der Waals surface area contributed by atoms with Crippen LogP contribution in [-0.4, -0.2) is 6.61 Å². The molecule has 0 amide bonds. The van der Waals surface area contributed by atoms with Crippen LogP contribution in [0, 0.1) is 11.8 Å². The van der Waals surface area contributed by atoms with Crippen LogP contribution in [0.4, 0.5) is 8.78 Å². The first-order chi connectivity index (χ1) is 10.1. The summed E-state index contributed by atoms with van der Waals surface area (Å²) in [5, 5.41) is 0. The maximum absolute atomic E-state index is 12.3. The van der Waals surface area contributed by atoms with E-state index in [2.05, 4.69) is 17.1 Å². The third-order valence-electron chi connectivity index (χ3n) is 4.56. The average molecular weight is 298 g/mol. The smallest absolute Gasteiger partial charge is 0.387 e. The zero-order valence-electron chi connectivity index (χ0n) is 12.4. The van der Waals surface area contributed by atoms with Gasteiger partial charge in [-0.1, -0.05) is 38.3 Å². The summed E-state index contributed by atoms with van der Waals surface area (Å²) in [6, 6.07) is 6.83. The van der Waals surface area contributed by atoms with E-state index in [0.717, 1.165) is 24.3 Å². The van der Waals surface area contributed by atoms with Gasteiger partial charge in [0.25, 0.3) is 0 Å². The number of alkyl halides is 2. The first-order valence-electron chi connectivity index (χ1n) is 7.65. The highest BCUT2D eigenvalue weighted by Gasteiger charge is 2.27. The summed E-state index contributed by atoms with van der Waals surface area (Å²) >= 11 is 0. The topological polar surface area (TPSA) is 47.3 Å². The lowest BCUT2D eigenvalue weighted by atomic mass is 9.76. The van der Waals surface area contributed by atoms with Crippen molar-refractivity contribution in [2.45, 2.75) is 51.7 Å². The lowest BCUT2D eigenvalue weighted by Gasteiger charge is -2.33. The van der Waals surface area contributed by atoms with Gasteiger partial charge < -0.3 is 4.74 Å². The Morgan fingerprint density at radius 1 is 1.29 bits per heavy atom. The van der Waals surface area contributed by atoms with Gasteiger partial charge >= 0.3 is 6.61 Å². The minimum atomic E-state index is -2.80. The Kier molecular flexibility index (Phi) is 5.94. The molecule has 1 unspecified atom stereocenters. The van der Waals surface area contributed by atoms with Crippen molar-refractivity contribution in [3.8, 4) is 5.75 Å². The Balaban J connectivity index is 2.07. The second-order valence-corrected chi connectivity index (χ2v) is 5.78. The number of hydrazine groups is 1. The predicted octanol–water partition coefficient (Wildman–Crippen LogP) is 4.01. The molecule has 1 aromatic carbocycles. The largest absolute Gasteiger partial charge is 0.435 e. The highest BCUT2D eigenvalue weighted by Crippen LogP contribution is 2.38.